The van der Waals surface area contributed by atoms with Crippen LogP contribution in [0.2, 0.25) is 0 Å². The molecule has 0 aliphatic rings. The summed E-state index contributed by atoms with van der Waals surface area (Å²) in [5.74, 6) is 0.299. The summed E-state index contributed by atoms with van der Waals surface area (Å²) in [6, 6.07) is 11.3. The second-order valence-corrected chi connectivity index (χ2v) is 8.17. The van der Waals surface area contributed by atoms with Crippen molar-refractivity contribution in [3.63, 3.8) is 0 Å². The zero-order valence-electron chi connectivity index (χ0n) is 17.4. The van der Waals surface area contributed by atoms with Crippen LogP contribution >= 0.6 is 11.3 Å². The minimum Gasteiger partial charge on any atom is -0.465 e. The van der Waals surface area contributed by atoms with E-state index in [1.54, 1.807) is 11.6 Å². The highest BCUT2D eigenvalue weighted by molar-refractivity contribution is 7.09. The highest BCUT2D eigenvalue weighted by atomic mass is 32.1. The topological polar surface area (TPSA) is 124 Å². The summed E-state index contributed by atoms with van der Waals surface area (Å²) >= 11 is 1.34. The number of imidazole rings is 1. The molecule has 2 amide bonds. The van der Waals surface area contributed by atoms with Crippen LogP contribution < -0.4 is 5.32 Å². The molecule has 164 valence electrons. The maximum atomic E-state index is 12.4. The first-order valence-corrected chi connectivity index (χ1v) is 10.9. The molecule has 32 heavy (non-hydrogen) atoms. The molecule has 0 bridgehead atoms. The van der Waals surface area contributed by atoms with E-state index < -0.39 is 6.09 Å². The first-order chi connectivity index (χ1) is 15.5. The van der Waals surface area contributed by atoms with Crippen LogP contribution in [-0.4, -0.2) is 48.5 Å². The number of para-hydroxylation sites is 2. The summed E-state index contributed by atoms with van der Waals surface area (Å²) in [7, 11) is 0. The van der Waals surface area contributed by atoms with E-state index in [2.05, 4.69) is 25.3 Å². The van der Waals surface area contributed by atoms with Gasteiger partial charge in [0.1, 0.15) is 11.5 Å². The number of thiazole rings is 1. The number of rotatable bonds is 8. The molecule has 0 radical (unpaired) electrons. The van der Waals surface area contributed by atoms with Gasteiger partial charge in [-0.1, -0.05) is 18.2 Å². The van der Waals surface area contributed by atoms with E-state index >= 15 is 0 Å². The number of hydrogen-bond acceptors (Lipinski definition) is 6. The lowest BCUT2D eigenvalue weighted by atomic mass is 10.2. The van der Waals surface area contributed by atoms with Crippen molar-refractivity contribution >= 4 is 34.4 Å². The third kappa shape index (κ3) is 5.09. The fourth-order valence-electron chi connectivity index (χ4n) is 3.22. The van der Waals surface area contributed by atoms with Crippen molar-refractivity contribution in [1.29, 1.82) is 0 Å². The van der Waals surface area contributed by atoms with E-state index in [-0.39, 0.29) is 19.0 Å². The van der Waals surface area contributed by atoms with E-state index in [0.717, 1.165) is 22.3 Å². The summed E-state index contributed by atoms with van der Waals surface area (Å²) in [6.07, 6.45) is 1.06. The van der Waals surface area contributed by atoms with Gasteiger partial charge in [0.25, 0.3) is 5.91 Å². The van der Waals surface area contributed by atoms with Crippen molar-refractivity contribution in [3.05, 3.63) is 75.8 Å². The highest BCUT2D eigenvalue weighted by Gasteiger charge is 2.17. The fraction of sp³-hybridized carbons (Fsp3) is 0.227. The smallest absolute Gasteiger partial charge is 0.407 e. The molecule has 4 rings (SSSR count). The molecule has 4 aromatic rings. The largest absolute Gasteiger partial charge is 0.465 e. The van der Waals surface area contributed by atoms with Gasteiger partial charge >= 0.3 is 6.09 Å². The number of aryl methyl sites for hydroxylation is 1. The molecule has 0 fully saturated rings. The Labute approximate surface area is 188 Å². The fourth-order valence-corrected chi connectivity index (χ4v) is 3.99. The van der Waals surface area contributed by atoms with Gasteiger partial charge in [0.05, 0.1) is 34.8 Å². The Kier molecular flexibility index (Phi) is 6.41. The predicted molar refractivity (Wildman–Crippen MR) is 120 cm³/mol. The number of carbonyl (C=O) groups excluding carboxylic acids is 1. The number of hydrogen-bond donors (Lipinski definition) is 3. The average Bonchev–Trinajstić information content (AvgIpc) is 3.42. The maximum absolute atomic E-state index is 12.4. The molecular weight excluding hydrogens is 428 g/mol. The molecule has 0 spiro atoms. The third-order valence-corrected chi connectivity index (χ3v) is 5.87. The number of H-pyrrole nitrogens is 1. The zero-order valence-corrected chi connectivity index (χ0v) is 18.2. The SMILES string of the molecule is Cc1cccnc1CNC(=O)c1csc(CCN(Cc2nc3ccccc3[nH]2)C(=O)O)n1. The first kappa shape index (κ1) is 21.4. The van der Waals surface area contributed by atoms with Crippen LogP contribution in [0.4, 0.5) is 4.79 Å². The first-order valence-electron chi connectivity index (χ1n) is 10.0. The molecule has 0 aliphatic heterocycles. The van der Waals surface area contributed by atoms with Gasteiger partial charge in [-0.15, -0.1) is 11.3 Å². The molecule has 1 aromatic carbocycles. The molecule has 3 aromatic heterocycles. The lowest BCUT2D eigenvalue weighted by Crippen LogP contribution is -2.31. The van der Waals surface area contributed by atoms with Crippen LogP contribution in [0.3, 0.4) is 0 Å². The summed E-state index contributed by atoms with van der Waals surface area (Å²) in [4.78, 5) is 41.6. The monoisotopic (exact) mass is 450 g/mol. The minimum absolute atomic E-state index is 0.145. The second kappa shape index (κ2) is 9.56. The predicted octanol–water partition coefficient (Wildman–Crippen LogP) is 3.38. The van der Waals surface area contributed by atoms with E-state index in [4.69, 9.17) is 0 Å². The molecule has 0 saturated heterocycles. The quantitative estimate of drug-likeness (QED) is 0.378. The van der Waals surface area contributed by atoms with Gasteiger partial charge in [0.2, 0.25) is 0 Å². The Morgan fingerprint density at radius 3 is 2.81 bits per heavy atom. The molecule has 9 nitrogen and oxygen atoms in total. The molecule has 3 heterocycles. The lowest BCUT2D eigenvalue weighted by molar-refractivity contribution is 0.0945. The van der Waals surface area contributed by atoms with Gasteiger partial charge in [0, 0.05) is 24.5 Å². The Hall–Kier alpha value is -3.79. The molecular formula is C22H22N6O3S. The number of nitrogens with zero attached hydrogens (tertiary/aromatic N) is 4. The maximum Gasteiger partial charge on any atom is 0.407 e. The van der Waals surface area contributed by atoms with Crippen LogP contribution in [0, 0.1) is 6.92 Å². The number of aromatic amines is 1. The van der Waals surface area contributed by atoms with Gasteiger partial charge in [-0.2, -0.15) is 0 Å². The van der Waals surface area contributed by atoms with Gasteiger partial charge in [0.15, 0.2) is 0 Å². The summed E-state index contributed by atoms with van der Waals surface area (Å²) in [5.41, 5.74) is 3.79. The van der Waals surface area contributed by atoms with Crippen molar-refractivity contribution in [2.45, 2.75) is 26.4 Å². The normalized spacial score (nSPS) is 10.9. The van der Waals surface area contributed by atoms with Crippen molar-refractivity contribution in [3.8, 4) is 0 Å². The summed E-state index contributed by atoms with van der Waals surface area (Å²) in [5, 5.41) is 14.8. The molecule has 0 aliphatic carbocycles. The van der Waals surface area contributed by atoms with Gasteiger partial charge in [-0.3, -0.25) is 9.78 Å². The molecule has 0 atom stereocenters. The highest BCUT2D eigenvalue weighted by Crippen LogP contribution is 2.14. The summed E-state index contributed by atoms with van der Waals surface area (Å²) < 4.78 is 0. The van der Waals surface area contributed by atoms with Crippen LogP contribution in [-0.2, 0) is 19.5 Å². The van der Waals surface area contributed by atoms with Crippen LogP contribution in [0.1, 0.15) is 32.6 Å². The van der Waals surface area contributed by atoms with Crippen LogP contribution in [0.5, 0.6) is 0 Å². The standard InChI is InChI=1S/C22H22N6O3S/c1-14-5-4-9-23-17(14)11-24-21(29)18-13-32-20(27-18)8-10-28(22(30)31)12-19-25-15-6-2-3-7-16(15)26-19/h2-7,9,13H,8,10-12H2,1H3,(H,24,29)(H,25,26)(H,30,31). The third-order valence-electron chi connectivity index (χ3n) is 4.96. The lowest BCUT2D eigenvalue weighted by Gasteiger charge is -2.17. The number of carboxylic acid groups (broad SMARTS) is 1. The minimum atomic E-state index is -1.04. The Morgan fingerprint density at radius 2 is 2.03 bits per heavy atom. The van der Waals surface area contributed by atoms with Crippen LogP contribution in [0.25, 0.3) is 11.0 Å². The van der Waals surface area contributed by atoms with E-state index in [9.17, 15) is 14.7 Å². The Morgan fingerprint density at radius 1 is 1.19 bits per heavy atom. The average molecular weight is 451 g/mol. The van der Waals surface area contributed by atoms with Crippen molar-refractivity contribution in [2.24, 2.45) is 0 Å². The molecule has 0 saturated carbocycles. The zero-order chi connectivity index (χ0) is 22.5. The van der Waals surface area contributed by atoms with Gasteiger partial charge in [-0.05, 0) is 30.7 Å². The van der Waals surface area contributed by atoms with Crippen molar-refractivity contribution < 1.29 is 14.7 Å². The Bertz CT molecular complexity index is 1220. The van der Waals surface area contributed by atoms with E-state index in [1.807, 2.05) is 43.3 Å². The number of pyridine rings is 1. The molecule has 10 heteroatoms. The number of aromatic nitrogens is 4. The number of nitrogens with one attached hydrogen (secondary N) is 2. The van der Waals surface area contributed by atoms with Crippen LogP contribution in [0.15, 0.2) is 48.0 Å². The number of fused-ring (bicyclic) bond motifs is 1. The van der Waals surface area contributed by atoms with Crippen molar-refractivity contribution in [2.75, 3.05) is 6.54 Å². The van der Waals surface area contributed by atoms with Gasteiger partial charge < -0.3 is 20.3 Å². The number of carbonyl (C=O) groups is 2. The molecule has 0 unspecified atom stereocenters. The number of benzene rings is 1. The Balaban J connectivity index is 1.33. The van der Waals surface area contributed by atoms with Gasteiger partial charge in [-0.25, -0.2) is 14.8 Å². The van der Waals surface area contributed by atoms with Crippen molar-refractivity contribution in [1.82, 2.24) is 30.2 Å². The van der Waals surface area contributed by atoms with E-state index in [0.29, 0.717) is 29.5 Å². The molecule has 3 N–H and O–H groups in total. The number of amides is 2. The summed E-state index contributed by atoms with van der Waals surface area (Å²) in [6.45, 7) is 2.65. The second-order valence-electron chi connectivity index (χ2n) is 7.23. The van der Waals surface area contributed by atoms with E-state index in [1.165, 1.54) is 16.2 Å².